The predicted molar refractivity (Wildman–Crippen MR) is 77.8 cm³/mol. The van der Waals surface area contributed by atoms with Gasteiger partial charge in [0.05, 0.1) is 5.52 Å². The fourth-order valence-electron chi connectivity index (χ4n) is 2.21. The first-order chi connectivity index (χ1) is 9.65. The van der Waals surface area contributed by atoms with E-state index in [1.54, 1.807) is 12.1 Å². The van der Waals surface area contributed by atoms with Crippen LogP contribution >= 0.6 is 11.6 Å². The van der Waals surface area contributed by atoms with Crippen LogP contribution in [-0.2, 0) is 11.3 Å². The second kappa shape index (κ2) is 4.98. The van der Waals surface area contributed by atoms with Crippen molar-refractivity contribution in [2.45, 2.75) is 6.54 Å². The Morgan fingerprint density at radius 1 is 1.20 bits per heavy atom. The summed E-state index contributed by atoms with van der Waals surface area (Å²) < 4.78 is 1.48. The zero-order valence-electron chi connectivity index (χ0n) is 10.5. The Labute approximate surface area is 120 Å². The summed E-state index contributed by atoms with van der Waals surface area (Å²) in [5.41, 5.74) is 2.43. The van der Waals surface area contributed by atoms with E-state index in [1.165, 1.54) is 4.68 Å². The van der Waals surface area contributed by atoms with Crippen molar-refractivity contribution in [1.82, 2.24) is 9.78 Å². The summed E-state index contributed by atoms with van der Waals surface area (Å²) in [6.45, 7) is -0.176. The third-order valence-corrected chi connectivity index (χ3v) is 3.28. The highest BCUT2D eigenvalue weighted by Gasteiger charge is 2.14. The van der Waals surface area contributed by atoms with Crippen molar-refractivity contribution in [1.29, 1.82) is 0 Å². The van der Waals surface area contributed by atoms with Crippen LogP contribution in [0.5, 0.6) is 0 Å². The summed E-state index contributed by atoms with van der Waals surface area (Å²) in [5.74, 6) is -0.927. The molecule has 0 spiro atoms. The highest BCUT2D eigenvalue weighted by molar-refractivity contribution is 6.31. The van der Waals surface area contributed by atoms with Crippen molar-refractivity contribution in [3.8, 4) is 11.3 Å². The zero-order valence-corrected chi connectivity index (χ0v) is 11.2. The number of halogens is 1. The number of nitrogens with zero attached hydrogens (tertiary/aromatic N) is 2. The molecule has 0 aliphatic heterocycles. The molecule has 3 rings (SSSR count). The van der Waals surface area contributed by atoms with Crippen molar-refractivity contribution < 1.29 is 9.90 Å². The minimum Gasteiger partial charge on any atom is -0.480 e. The molecule has 0 bridgehead atoms. The Morgan fingerprint density at radius 3 is 2.65 bits per heavy atom. The Hall–Kier alpha value is -2.33. The third kappa shape index (κ3) is 2.26. The van der Waals surface area contributed by atoms with Crippen molar-refractivity contribution >= 4 is 28.5 Å². The molecular weight excluding hydrogens is 276 g/mol. The highest BCUT2D eigenvalue weighted by Crippen LogP contribution is 2.29. The first-order valence-electron chi connectivity index (χ1n) is 6.08. The smallest absolute Gasteiger partial charge is 0.325 e. The minimum absolute atomic E-state index is 0.176. The third-order valence-electron chi connectivity index (χ3n) is 3.04. The van der Waals surface area contributed by atoms with E-state index in [4.69, 9.17) is 16.7 Å². The molecule has 1 heterocycles. The maximum Gasteiger partial charge on any atom is 0.325 e. The molecule has 20 heavy (non-hydrogen) atoms. The summed E-state index contributed by atoms with van der Waals surface area (Å²) in [5, 5.41) is 14.8. The van der Waals surface area contributed by atoms with Crippen molar-refractivity contribution in [2.75, 3.05) is 0 Å². The van der Waals surface area contributed by atoms with E-state index < -0.39 is 5.97 Å². The lowest BCUT2D eigenvalue weighted by Crippen LogP contribution is -2.09. The highest BCUT2D eigenvalue weighted by atomic mass is 35.5. The molecule has 3 aromatic rings. The average molecular weight is 287 g/mol. The molecular formula is C15H11ClN2O2. The van der Waals surface area contributed by atoms with Crippen LogP contribution < -0.4 is 0 Å². The first kappa shape index (κ1) is 12.7. The van der Waals surface area contributed by atoms with Gasteiger partial charge >= 0.3 is 5.97 Å². The number of aromatic nitrogens is 2. The van der Waals surface area contributed by atoms with Gasteiger partial charge in [-0.3, -0.25) is 9.48 Å². The van der Waals surface area contributed by atoms with Gasteiger partial charge in [-0.15, -0.1) is 0 Å². The van der Waals surface area contributed by atoms with Gasteiger partial charge < -0.3 is 5.11 Å². The molecule has 1 aromatic heterocycles. The molecule has 0 saturated carbocycles. The molecule has 0 fully saturated rings. The van der Waals surface area contributed by atoms with E-state index >= 15 is 0 Å². The molecule has 0 atom stereocenters. The number of hydrogen-bond acceptors (Lipinski definition) is 2. The number of benzene rings is 2. The Bertz CT molecular complexity index is 781. The molecule has 1 N–H and O–H groups in total. The first-order valence-corrected chi connectivity index (χ1v) is 6.46. The lowest BCUT2D eigenvalue weighted by Gasteiger charge is -1.98. The van der Waals surface area contributed by atoms with Gasteiger partial charge in [-0.1, -0.05) is 41.9 Å². The molecule has 2 aromatic carbocycles. The molecule has 0 aliphatic rings. The Morgan fingerprint density at radius 2 is 1.95 bits per heavy atom. The predicted octanol–water partition coefficient (Wildman–Crippen LogP) is 3.44. The normalized spacial score (nSPS) is 10.8. The number of rotatable bonds is 3. The second-order valence-corrected chi connectivity index (χ2v) is 4.86. The van der Waals surface area contributed by atoms with Gasteiger partial charge in [-0.05, 0) is 18.2 Å². The number of hydrogen-bond donors (Lipinski definition) is 1. The van der Waals surface area contributed by atoms with E-state index in [2.05, 4.69) is 5.10 Å². The largest absolute Gasteiger partial charge is 0.480 e. The maximum atomic E-state index is 10.9. The Kier molecular flexibility index (Phi) is 3.16. The van der Waals surface area contributed by atoms with Crippen LogP contribution in [-0.4, -0.2) is 20.9 Å². The van der Waals surface area contributed by atoms with E-state index in [-0.39, 0.29) is 6.54 Å². The number of carboxylic acid groups (broad SMARTS) is 1. The molecule has 100 valence electrons. The van der Waals surface area contributed by atoms with E-state index in [0.29, 0.717) is 5.02 Å². The lowest BCUT2D eigenvalue weighted by atomic mass is 10.1. The fraction of sp³-hybridized carbons (Fsp3) is 0.0667. The van der Waals surface area contributed by atoms with Crippen molar-refractivity contribution in [3.05, 3.63) is 53.6 Å². The van der Waals surface area contributed by atoms with Gasteiger partial charge in [0.25, 0.3) is 0 Å². The minimum atomic E-state index is -0.927. The zero-order chi connectivity index (χ0) is 14.1. The second-order valence-electron chi connectivity index (χ2n) is 4.43. The van der Waals surface area contributed by atoms with Crippen LogP contribution in [0.3, 0.4) is 0 Å². The standard InChI is InChI=1S/C15H11ClN2O2/c16-11-6-7-13-12(8-11)15(10-4-2-1-3-5-10)17-18(13)9-14(19)20/h1-8H,9H2,(H,19,20). The lowest BCUT2D eigenvalue weighted by molar-refractivity contribution is -0.137. The monoisotopic (exact) mass is 286 g/mol. The summed E-state index contributed by atoms with van der Waals surface area (Å²) in [4.78, 5) is 10.9. The molecule has 0 saturated heterocycles. The molecule has 0 amide bonds. The van der Waals surface area contributed by atoms with E-state index in [1.807, 2.05) is 36.4 Å². The fourth-order valence-corrected chi connectivity index (χ4v) is 2.38. The van der Waals surface area contributed by atoms with Gasteiger partial charge in [0.2, 0.25) is 0 Å². The van der Waals surface area contributed by atoms with Gasteiger partial charge in [-0.2, -0.15) is 5.10 Å². The number of fused-ring (bicyclic) bond motifs is 1. The van der Waals surface area contributed by atoms with Crippen LogP contribution in [0.15, 0.2) is 48.5 Å². The Balaban J connectivity index is 2.26. The van der Waals surface area contributed by atoms with Crippen LogP contribution in [0.25, 0.3) is 22.2 Å². The SMILES string of the molecule is O=C(O)Cn1nc(-c2ccccc2)c2cc(Cl)ccc21. The number of carbonyl (C=O) groups is 1. The summed E-state index contributed by atoms with van der Waals surface area (Å²) in [7, 11) is 0. The maximum absolute atomic E-state index is 10.9. The summed E-state index contributed by atoms with van der Waals surface area (Å²) in [6.07, 6.45) is 0. The van der Waals surface area contributed by atoms with Crippen LogP contribution in [0.4, 0.5) is 0 Å². The topological polar surface area (TPSA) is 55.1 Å². The number of carboxylic acids is 1. The van der Waals surface area contributed by atoms with Crippen molar-refractivity contribution in [3.63, 3.8) is 0 Å². The summed E-state index contributed by atoms with van der Waals surface area (Å²) in [6, 6.07) is 15.0. The molecule has 0 radical (unpaired) electrons. The van der Waals surface area contributed by atoms with Gasteiger partial charge in [-0.25, -0.2) is 0 Å². The van der Waals surface area contributed by atoms with Gasteiger partial charge in [0, 0.05) is 16.0 Å². The van der Waals surface area contributed by atoms with Gasteiger partial charge in [0.15, 0.2) is 0 Å². The molecule has 0 unspecified atom stereocenters. The van der Waals surface area contributed by atoms with Gasteiger partial charge in [0.1, 0.15) is 12.2 Å². The van der Waals surface area contributed by atoms with E-state index in [0.717, 1.165) is 22.2 Å². The number of aliphatic carboxylic acids is 1. The summed E-state index contributed by atoms with van der Waals surface area (Å²) >= 11 is 6.04. The van der Waals surface area contributed by atoms with E-state index in [9.17, 15) is 4.79 Å². The average Bonchev–Trinajstić information content (AvgIpc) is 2.77. The molecule has 0 aliphatic carbocycles. The quantitative estimate of drug-likeness (QED) is 0.802. The van der Waals surface area contributed by atoms with Crippen LogP contribution in [0.1, 0.15) is 0 Å². The molecule has 4 nitrogen and oxygen atoms in total. The van der Waals surface area contributed by atoms with Crippen LogP contribution in [0, 0.1) is 0 Å². The molecule has 5 heteroatoms. The van der Waals surface area contributed by atoms with Crippen molar-refractivity contribution in [2.24, 2.45) is 0 Å². The van der Waals surface area contributed by atoms with Crippen LogP contribution in [0.2, 0.25) is 5.02 Å².